The molecule has 4 heteroatoms. The van der Waals surface area contributed by atoms with Crippen LogP contribution in [-0.4, -0.2) is 28.2 Å². The molecule has 2 heterocycles. The summed E-state index contributed by atoms with van der Waals surface area (Å²) >= 11 is 0. The van der Waals surface area contributed by atoms with Gasteiger partial charge >= 0.3 is 0 Å². The van der Waals surface area contributed by atoms with Gasteiger partial charge in [-0.25, -0.2) is 0 Å². The van der Waals surface area contributed by atoms with Crippen LogP contribution in [0.3, 0.4) is 0 Å². The second kappa shape index (κ2) is 5.04. The zero-order chi connectivity index (χ0) is 14.1. The van der Waals surface area contributed by atoms with Gasteiger partial charge in [0.1, 0.15) is 0 Å². The molecule has 102 valence electrons. The van der Waals surface area contributed by atoms with E-state index in [0.717, 1.165) is 16.5 Å². The Kier molecular flexibility index (Phi) is 3.22. The van der Waals surface area contributed by atoms with Crippen molar-refractivity contribution < 1.29 is 9.59 Å². The third-order valence-corrected chi connectivity index (χ3v) is 3.84. The van der Waals surface area contributed by atoms with Crippen LogP contribution in [-0.2, 0) is 16.0 Å². The molecular formula is C16H16N2O2. The maximum Gasteiger partial charge on any atom is 0.233 e. The topological polar surface area (TPSA) is 50.3 Å². The summed E-state index contributed by atoms with van der Waals surface area (Å²) in [6.07, 6.45) is 2.65. The Balaban J connectivity index is 1.91. The monoisotopic (exact) mass is 268 g/mol. The molecule has 0 saturated carbocycles. The molecular weight excluding hydrogens is 252 g/mol. The maximum atomic E-state index is 12.2. The number of amides is 2. The first-order valence-electron chi connectivity index (χ1n) is 6.87. The quantitative estimate of drug-likeness (QED) is 0.802. The standard InChI is InChI=1S/C16H16N2O2/c1-2-18-14(19)10-13(16(18)20)9-12-6-3-5-11-7-4-8-17-15(11)12/h3-8,13H,2,9-10H2,1H3. The molecule has 1 aliphatic heterocycles. The molecule has 1 atom stereocenters. The van der Waals surface area contributed by atoms with Crippen molar-refractivity contribution in [1.82, 2.24) is 9.88 Å². The van der Waals surface area contributed by atoms with E-state index in [1.165, 1.54) is 4.90 Å². The Hall–Kier alpha value is -2.23. The van der Waals surface area contributed by atoms with E-state index < -0.39 is 0 Å². The number of para-hydroxylation sites is 1. The summed E-state index contributed by atoms with van der Waals surface area (Å²) in [5.41, 5.74) is 1.96. The zero-order valence-corrected chi connectivity index (χ0v) is 11.4. The van der Waals surface area contributed by atoms with Gasteiger partial charge in [0, 0.05) is 24.5 Å². The van der Waals surface area contributed by atoms with Crippen molar-refractivity contribution in [1.29, 1.82) is 0 Å². The van der Waals surface area contributed by atoms with Crippen LogP contribution in [0.1, 0.15) is 18.9 Å². The lowest BCUT2D eigenvalue weighted by Gasteiger charge is -2.12. The Morgan fingerprint density at radius 1 is 1.25 bits per heavy atom. The third-order valence-electron chi connectivity index (χ3n) is 3.84. The smallest absolute Gasteiger partial charge is 0.233 e. The molecule has 0 spiro atoms. The Bertz CT molecular complexity index is 676. The highest BCUT2D eigenvalue weighted by Crippen LogP contribution is 2.26. The highest BCUT2D eigenvalue weighted by molar-refractivity contribution is 6.03. The number of carbonyl (C=O) groups is 2. The number of hydrogen-bond acceptors (Lipinski definition) is 3. The average molecular weight is 268 g/mol. The molecule has 3 rings (SSSR count). The number of imide groups is 1. The molecule has 0 N–H and O–H groups in total. The van der Waals surface area contributed by atoms with E-state index in [4.69, 9.17) is 0 Å². The number of rotatable bonds is 3. The molecule has 1 saturated heterocycles. The van der Waals surface area contributed by atoms with E-state index in [2.05, 4.69) is 4.98 Å². The predicted molar refractivity (Wildman–Crippen MR) is 75.9 cm³/mol. The number of fused-ring (bicyclic) bond motifs is 1. The highest BCUT2D eigenvalue weighted by Gasteiger charge is 2.37. The molecule has 0 aliphatic carbocycles. The molecule has 20 heavy (non-hydrogen) atoms. The first-order valence-corrected chi connectivity index (χ1v) is 6.87. The molecule has 0 radical (unpaired) electrons. The largest absolute Gasteiger partial charge is 0.283 e. The lowest BCUT2D eigenvalue weighted by atomic mass is 9.96. The van der Waals surface area contributed by atoms with Gasteiger partial charge in [-0.15, -0.1) is 0 Å². The van der Waals surface area contributed by atoms with Crippen molar-refractivity contribution in [2.75, 3.05) is 6.54 Å². The highest BCUT2D eigenvalue weighted by atomic mass is 16.2. The zero-order valence-electron chi connectivity index (χ0n) is 11.4. The molecule has 1 unspecified atom stereocenters. The van der Waals surface area contributed by atoms with Gasteiger partial charge in [0.05, 0.1) is 11.4 Å². The van der Waals surface area contributed by atoms with Gasteiger partial charge in [-0.3, -0.25) is 19.5 Å². The van der Waals surface area contributed by atoms with E-state index in [9.17, 15) is 9.59 Å². The molecule has 2 aromatic rings. The van der Waals surface area contributed by atoms with E-state index in [-0.39, 0.29) is 17.7 Å². The summed E-state index contributed by atoms with van der Waals surface area (Å²) in [6.45, 7) is 2.29. The van der Waals surface area contributed by atoms with Crippen LogP contribution in [0.15, 0.2) is 36.5 Å². The molecule has 1 fully saturated rings. The lowest BCUT2D eigenvalue weighted by molar-refractivity contribution is -0.139. The molecule has 4 nitrogen and oxygen atoms in total. The van der Waals surface area contributed by atoms with Gasteiger partial charge in [-0.2, -0.15) is 0 Å². The van der Waals surface area contributed by atoms with Gasteiger partial charge in [-0.1, -0.05) is 24.3 Å². The summed E-state index contributed by atoms with van der Waals surface area (Å²) in [6, 6.07) is 9.87. The minimum atomic E-state index is -0.241. The predicted octanol–water partition coefficient (Wildman–Crippen LogP) is 2.17. The van der Waals surface area contributed by atoms with Crippen LogP contribution >= 0.6 is 0 Å². The number of likely N-dealkylation sites (tertiary alicyclic amines) is 1. The van der Waals surface area contributed by atoms with Gasteiger partial charge in [0.15, 0.2) is 0 Å². The van der Waals surface area contributed by atoms with Crippen molar-refractivity contribution >= 4 is 22.7 Å². The van der Waals surface area contributed by atoms with Crippen LogP contribution in [0.2, 0.25) is 0 Å². The van der Waals surface area contributed by atoms with E-state index in [1.807, 2.05) is 37.3 Å². The van der Waals surface area contributed by atoms with Crippen LogP contribution in [0.25, 0.3) is 10.9 Å². The third kappa shape index (κ3) is 2.07. The van der Waals surface area contributed by atoms with Crippen LogP contribution < -0.4 is 0 Å². The lowest BCUT2D eigenvalue weighted by Crippen LogP contribution is -2.30. The first kappa shape index (κ1) is 12.8. The Morgan fingerprint density at radius 2 is 2.05 bits per heavy atom. The number of pyridine rings is 1. The SMILES string of the molecule is CCN1C(=O)CC(Cc2cccc3cccnc23)C1=O. The molecule has 1 aliphatic rings. The Morgan fingerprint density at radius 3 is 2.80 bits per heavy atom. The maximum absolute atomic E-state index is 12.2. The van der Waals surface area contributed by atoms with E-state index in [0.29, 0.717) is 19.4 Å². The fraction of sp³-hybridized carbons (Fsp3) is 0.312. The second-order valence-corrected chi connectivity index (χ2v) is 5.07. The summed E-state index contributed by atoms with van der Waals surface area (Å²) in [4.78, 5) is 29.7. The van der Waals surface area contributed by atoms with Crippen LogP contribution in [0.5, 0.6) is 0 Å². The van der Waals surface area contributed by atoms with Crippen molar-refractivity contribution in [3.05, 3.63) is 42.1 Å². The van der Waals surface area contributed by atoms with Gasteiger partial charge in [-0.05, 0) is 25.0 Å². The normalized spacial score (nSPS) is 19.1. The fourth-order valence-electron chi connectivity index (χ4n) is 2.84. The van der Waals surface area contributed by atoms with Crippen molar-refractivity contribution in [3.63, 3.8) is 0 Å². The fourth-order valence-corrected chi connectivity index (χ4v) is 2.84. The summed E-state index contributed by atoms with van der Waals surface area (Å²) in [5, 5.41) is 1.06. The summed E-state index contributed by atoms with van der Waals surface area (Å²) in [7, 11) is 0. The number of carbonyl (C=O) groups excluding carboxylic acids is 2. The molecule has 1 aromatic heterocycles. The van der Waals surface area contributed by atoms with Crippen LogP contribution in [0, 0.1) is 5.92 Å². The molecule has 0 bridgehead atoms. The van der Waals surface area contributed by atoms with Gasteiger partial charge in [0.25, 0.3) is 0 Å². The van der Waals surface area contributed by atoms with Crippen molar-refractivity contribution in [3.8, 4) is 0 Å². The summed E-state index contributed by atoms with van der Waals surface area (Å²) < 4.78 is 0. The minimum Gasteiger partial charge on any atom is -0.283 e. The second-order valence-electron chi connectivity index (χ2n) is 5.07. The Labute approximate surface area is 117 Å². The minimum absolute atomic E-state index is 0.0505. The van der Waals surface area contributed by atoms with Gasteiger partial charge in [0.2, 0.25) is 11.8 Å². The first-order chi connectivity index (χ1) is 9.70. The number of hydrogen-bond donors (Lipinski definition) is 0. The summed E-state index contributed by atoms with van der Waals surface area (Å²) in [5.74, 6) is -0.351. The van der Waals surface area contributed by atoms with Crippen LogP contribution in [0.4, 0.5) is 0 Å². The van der Waals surface area contributed by atoms with E-state index in [1.54, 1.807) is 6.20 Å². The average Bonchev–Trinajstić information content (AvgIpc) is 2.73. The van der Waals surface area contributed by atoms with E-state index >= 15 is 0 Å². The van der Waals surface area contributed by atoms with Crippen molar-refractivity contribution in [2.45, 2.75) is 19.8 Å². The number of benzene rings is 1. The molecule has 2 amide bonds. The van der Waals surface area contributed by atoms with Gasteiger partial charge < -0.3 is 0 Å². The number of aromatic nitrogens is 1. The van der Waals surface area contributed by atoms with Crippen molar-refractivity contribution in [2.24, 2.45) is 5.92 Å². The molecule has 1 aromatic carbocycles. The number of nitrogens with zero attached hydrogens (tertiary/aromatic N) is 2.